The molecule has 2 heteroatoms. The molecule has 0 bridgehead atoms. The highest BCUT2D eigenvalue weighted by molar-refractivity contribution is 9.09. The van der Waals surface area contributed by atoms with E-state index < -0.39 is 0 Å². The summed E-state index contributed by atoms with van der Waals surface area (Å²) in [5.41, 5.74) is 0.0615. The molecule has 0 aromatic rings. The molecule has 1 fully saturated rings. The fraction of sp³-hybridized carbons (Fsp3) is 0.800. The number of alkyl halides is 1. The van der Waals surface area contributed by atoms with Crippen molar-refractivity contribution in [3.8, 4) is 0 Å². The summed E-state index contributed by atoms with van der Waals surface area (Å²) in [6, 6.07) is 0. The minimum absolute atomic E-state index is 0.0615. The summed E-state index contributed by atoms with van der Waals surface area (Å²) in [5, 5.41) is 0.929. The Morgan fingerprint density at radius 3 is 2.50 bits per heavy atom. The number of halogens is 1. The summed E-state index contributed by atoms with van der Waals surface area (Å²) in [6.45, 7) is 0. The van der Waals surface area contributed by atoms with Gasteiger partial charge in [0.25, 0.3) is 0 Å². The topological polar surface area (TPSA) is 9.23 Å². The lowest BCUT2D eigenvalue weighted by Gasteiger charge is -2.33. The predicted molar refractivity (Wildman–Crippen MR) is 55.8 cm³/mol. The zero-order chi connectivity index (χ0) is 8.86. The molecular weight excluding hydrogens is 216 g/mol. The van der Waals surface area contributed by atoms with Crippen molar-refractivity contribution in [1.29, 1.82) is 0 Å². The standard InChI is InChI=1S/C10H17BrO/c1-12-10(8-5-9-11)6-3-2-4-7-10/h5,8H,2-4,6-7,9H2,1H3/b8-5+. The van der Waals surface area contributed by atoms with Crippen LogP contribution < -0.4 is 0 Å². The van der Waals surface area contributed by atoms with Crippen LogP contribution in [-0.4, -0.2) is 18.0 Å². The predicted octanol–water partition coefficient (Wildman–Crippen LogP) is 3.29. The second-order valence-electron chi connectivity index (χ2n) is 3.39. The van der Waals surface area contributed by atoms with E-state index in [0.29, 0.717) is 0 Å². The van der Waals surface area contributed by atoms with Gasteiger partial charge in [-0.1, -0.05) is 47.3 Å². The molecule has 0 spiro atoms. The van der Waals surface area contributed by atoms with Crippen molar-refractivity contribution < 1.29 is 4.74 Å². The fourth-order valence-corrected chi connectivity index (χ4v) is 2.04. The molecule has 1 aliphatic carbocycles. The van der Waals surface area contributed by atoms with Gasteiger partial charge in [0.05, 0.1) is 5.60 Å². The van der Waals surface area contributed by atoms with Crippen molar-refractivity contribution in [2.24, 2.45) is 0 Å². The minimum Gasteiger partial charge on any atom is -0.374 e. The number of allylic oxidation sites excluding steroid dienone is 1. The van der Waals surface area contributed by atoms with E-state index in [4.69, 9.17) is 4.74 Å². The van der Waals surface area contributed by atoms with E-state index in [1.807, 2.05) is 7.11 Å². The molecular formula is C10H17BrO. The van der Waals surface area contributed by atoms with E-state index in [9.17, 15) is 0 Å². The Kier molecular flexibility index (Phi) is 4.30. The smallest absolute Gasteiger partial charge is 0.0859 e. The van der Waals surface area contributed by atoms with Crippen LogP contribution in [-0.2, 0) is 4.74 Å². The van der Waals surface area contributed by atoms with Crippen LogP contribution in [0.5, 0.6) is 0 Å². The largest absolute Gasteiger partial charge is 0.374 e. The van der Waals surface area contributed by atoms with Crippen molar-refractivity contribution in [2.45, 2.75) is 37.7 Å². The summed E-state index contributed by atoms with van der Waals surface area (Å²) >= 11 is 3.39. The average molecular weight is 233 g/mol. The third-order valence-corrected chi connectivity index (χ3v) is 2.99. The summed E-state index contributed by atoms with van der Waals surface area (Å²) < 4.78 is 5.57. The van der Waals surface area contributed by atoms with Crippen LogP contribution >= 0.6 is 15.9 Å². The van der Waals surface area contributed by atoms with Gasteiger partial charge in [-0.15, -0.1) is 0 Å². The van der Waals surface area contributed by atoms with Crippen molar-refractivity contribution in [3.63, 3.8) is 0 Å². The summed E-state index contributed by atoms with van der Waals surface area (Å²) in [4.78, 5) is 0. The number of methoxy groups -OCH3 is 1. The van der Waals surface area contributed by atoms with Crippen LogP contribution in [0.15, 0.2) is 12.2 Å². The van der Waals surface area contributed by atoms with Crippen LogP contribution in [0.4, 0.5) is 0 Å². The van der Waals surface area contributed by atoms with Crippen molar-refractivity contribution in [2.75, 3.05) is 12.4 Å². The van der Waals surface area contributed by atoms with Crippen LogP contribution in [0.25, 0.3) is 0 Å². The molecule has 70 valence electrons. The lowest BCUT2D eigenvalue weighted by molar-refractivity contribution is 0.00196. The molecule has 1 aliphatic rings. The maximum absolute atomic E-state index is 5.57. The molecule has 0 aliphatic heterocycles. The van der Waals surface area contributed by atoms with Crippen LogP contribution in [0.3, 0.4) is 0 Å². The first-order valence-corrected chi connectivity index (χ1v) is 5.74. The second kappa shape index (κ2) is 5.03. The molecule has 0 aromatic carbocycles. The second-order valence-corrected chi connectivity index (χ2v) is 4.03. The summed E-state index contributed by atoms with van der Waals surface area (Å²) in [6.07, 6.45) is 10.7. The molecule has 0 atom stereocenters. The molecule has 12 heavy (non-hydrogen) atoms. The molecule has 0 N–H and O–H groups in total. The molecule has 0 amide bonds. The Balaban J connectivity index is 2.53. The summed E-state index contributed by atoms with van der Waals surface area (Å²) in [7, 11) is 1.82. The van der Waals surface area contributed by atoms with Crippen molar-refractivity contribution in [3.05, 3.63) is 12.2 Å². The Morgan fingerprint density at radius 1 is 1.33 bits per heavy atom. The summed E-state index contributed by atoms with van der Waals surface area (Å²) in [5.74, 6) is 0. The van der Waals surface area contributed by atoms with Crippen LogP contribution in [0.1, 0.15) is 32.1 Å². The fourth-order valence-electron chi connectivity index (χ4n) is 1.85. The van der Waals surface area contributed by atoms with Gasteiger partial charge in [-0.2, -0.15) is 0 Å². The first kappa shape index (κ1) is 10.3. The Bertz CT molecular complexity index is 148. The highest BCUT2D eigenvalue weighted by Crippen LogP contribution is 2.32. The number of hydrogen-bond donors (Lipinski definition) is 0. The Morgan fingerprint density at radius 2 is 2.00 bits per heavy atom. The molecule has 0 radical (unpaired) electrons. The molecule has 1 rings (SSSR count). The highest BCUT2D eigenvalue weighted by atomic mass is 79.9. The SMILES string of the molecule is COC1(/C=C/CBr)CCCCC1. The van der Waals surface area contributed by atoms with Gasteiger partial charge in [-0.3, -0.25) is 0 Å². The number of hydrogen-bond acceptors (Lipinski definition) is 1. The number of ether oxygens (including phenoxy) is 1. The zero-order valence-corrected chi connectivity index (χ0v) is 9.27. The van der Waals surface area contributed by atoms with E-state index in [-0.39, 0.29) is 5.60 Å². The lowest BCUT2D eigenvalue weighted by Crippen LogP contribution is -2.31. The molecule has 0 heterocycles. The van der Waals surface area contributed by atoms with Crippen LogP contribution in [0, 0.1) is 0 Å². The minimum atomic E-state index is 0.0615. The van der Waals surface area contributed by atoms with Gasteiger partial charge < -0.3 is 4.74 Å². The number of rotatable bonds is 3. The van der Waals surface area contributed by atoms with Gasteiger partial charge in [0.2, 0.25) is 0 Å². The first-order chi connectivity index (χ1) is 5.83. The first-order valence-electron chi connectivity index (χ1n) is 4.62. The van der Waals surface area contributed by atoms with E-state index in [0.717, 1.165) is 5.33 Å². The van der Waals surface area contributed by atoms with Crippen molar-refractivity contribution in [1.82, 2.24) is 0 Å². The van der Waals surface area contributed by atoms with Gasteiger partial charge in [-0.05, 0) is 12.8 Å². The highest BCUT2D eigenvalue weighted by Gasteiger charge is 2.28. The van der Waals surface area contributed by atoms with Gasteiger partial charge in [-0.25, -0.2) is 0 Å². The molecule has 0 saturated heterocycles. The van der Waals surface area contributed by atoms with E-state index in [1.54, 1.807) is 0 Å². The quantitative estimate of drug-likeness (QED) is 0.537. The molecule has 0 unspecified atom stereocenters. The van der Waals surface area contributed by atoms with Gasteiger partial charge in [0.15, 0.2) is 0 Å². The van der Waals surface area contributed by atoms with Gasteiger partial charge >= 0.3 is 0 Å². The Labute approximate surface area is 83.3 Å². The third kappa shape index (κ3) is 2.60. The maximum atomic E-state index is 5.57. The molecule has 1 saturated carbocycles. The maximum Gasteiger partial charge on any atom is 0.0859 e. The van der Waals surface area contributed by atoms with Crippen molar-refractivity contribution >= 4 is 15.9 Å². The van der Waals surface area contributed by atoms with Gasteiger partial charge in [0, 0.05) is 12.4 Å². The van der Waals surface area contributed by atoms with Gasteiger partial charge in [0.1, 0.15) is 0 Å². The monoisotopic (exact) mass is 232 g/mol. The zero-order valence-electron chi connectivity index (χ0n) is 7.68. The lowest BCUT2D eigenvalue weighted by atomic mass is 9.84. The average Bonchev–Trinajstić information content (AvgIpc) is 2.16. The molecule has 1 nitrogen and oxygen atoms in total. The molecule has 0 aromatic heterocycles. The third-order valence-electron chi connectivity index (χ3n) is 2.62. The Hall–Kier alpha value is 0.180. The van der Waals surface area contributed by atoms with E-state index in [2.05, 4.69) is 28.1 Å². The normalized spacial score (nSPS) is 23.2. The van der Waals surface area contributed by atoms with E-state index >= 15 is 0 Å². The van der Waals surface area contributed by atoms with Crippen LogP contribution in [0.2, 0.25) is 0 Å². The van der Waals surface area contributed by atoms with E-state index in [1.165, 1.54) is 32.1 Å².